The zero-order valence-corrected chi connectivity index (χ0v) is 8.34. The molecule has 0 unspecified atom stereocenters. The molecular formula is C6H4FIMg. The molecule has 0 N–H and O–H groups in total. The zero-order chi connectivity index (χ0) is 6.69. The van der Waals surface area contributed by atoms with Crippen LogP contribution in [0.3, 0.4) is 0 Å². The monoisotopic (exact) mass is 246 g/mol. The van der Waals surface area contributed by atoms with E-state index >= 15 is 0 Å². The molecule has 1 rings (SSSR count). The van der Waals surface area contributed by atoms with Gasteiger partial charge in [-0.25, -0.2) is 4.39 Å². The minimum absolute atomic E-state index is 0.121. The molecule has 9 heavy (non-hydrogen) atoms. The Labute approximate surface area is 72.9 Å². The summed E-state index contributed by atoms with van der Waals surface area (Å²) in [5.74, 6) is -0.141. The van der Waals surface area contributed by atoms with Crippen molar-refractivity contribution in [2.75, 3.05) is 0 Å². The largest absolute Gasteiger partial charge is 0.502 e. The van der Waals surface area contributed by atoms with Gasteiger partial charge in [-0.2, -0.15) is 3.69 Å². The van der Waals surface area contributed by atoms with Crippen molar-refractivity contribution in [2.24, 2.45) is 0 Å². The third kappa shape index (κ3) is 2.39. The Morgan fingerprint density at radius 2 is 1.78 bits per heavy atom. The highest BCUT2D eigenvalue weighted by atomic mass is 127. The average molecular weight is 246 g/mol. The molecule has 0 aromatic heterocycles. The molecular weight excluding hydrogens is 242 g/mol. The normalized spacial score (nSPS) is 8.67. The second-order valence-electron chi connectivity index (χ2n) is 1.76. The molecule has 0 aliphatic heterocycles. The standard InChI is InChI=1S/C6H4F.HI.Mg/c7-6-4-2-1-3-5-6;;/h2-5H;1H;/q;;+1/p-1. The van der Waals surface area contributed by atoms with E-state index in [-0.39, 0.29) is 22.3 Å². The van der Waals surface area contributed by atoms with E-state index in [4.69, 9.17) is 0 Å². The molecule has 1 aromatic carbocycles. The summed E-state index contributed by atoms with van der Waals surface area (Å²) in [5, 5.41) is 0. The van der Waals surface area contributed by atoms with Crippen LogP contribution in [0.15, 0.2) is 24.3 Å². The Morgan fingerprint density at radius 3 is 2.22 bits per heavy atom. The number of hydrogen-bond acceptors (Lipinski definition) is 0. The first-order chi connectivity index (χ1) is 4.33. The zero-order valence-electron chi connectivity index (χ0n) is 4.77. The molecule has 0 aliphatic carbocycles. The van der Waals surface area contributed by atoms with E-state index in [1.807, 2.05) is 12.1 Å². The lowest BCUT2D eigenvalue weighted by Gasteiger charge is -1.90. The Balaban J connectivity index is 2.88. The third-order valence-electron chi connectivity index (χ3n) is 1.07. The van der Waals surface area contributed by atoms with Gasteiger partial charge in [0, 0.05) is 0 Å². The second-order valence-corrected chi connectivity index (χ2v) is 5.13. The van der Waals surface area contributed by atoms with Crippen molar-refractivity contribution in [2.45, 2.75) is 0 Å². The minimum Gasteiger partial charge on any atom is -0.291 e. The van der Waals surface area contributed by atoms with Crippen molar-refractivity contribution >= 4 is 39.0 Å². The quantitative estimate of drug-likeness (QED) is 0.520. The fraction of sp³-hybridized carbons (Fsp3) is 0. The van der Waals surface area contributed by atoms with Crippen LogP contribution in [0.5, 0.6) is 0 Å². The molecule has 0 atom stereocenters. The maximum atomic E-state index is 12.2. The van der Waals surface area contributed by atoms with Gasteiger partial charge >= 0.3 is 16.5 Å². The molecule has 0 fully saturated rings. The second kappa shape index (κ2) is 3.73. The molecule has 0 saturated heterocycles. The molecule has 1 aromatic rings. The molecule has 0 heterocycles. The average Bonchev–Trinajstić information content (AvgIpc) is 1.90. The van der Waals surface area contributed by atoms with E-state index in [0.29, 0.717) is 0 Å². The predicted octanol–water partition coefficient (Wildman–Crippen LogP) is 1.51. The van der Waals surface area contributed by atoms with Gasteiger partial charge in [-0.05, 0) is 12.1 Å². The smallest absolute Gasteiger partial charge is 0.291 e. The van der Waals surface area contributed by atoms with Crippen LogP contribution in [-0.2, 0) is 0 Å². The lowest BCUT2D eigenvalue weighted by Crippen LogP contribution is -2.06. The van der Waals surface area contributed by atoms with Crippen LogP contribution in [0, 0.1) is 5.82 Å². The number of benzene rings is 1. The van der Waals surface area contributed by atoms with E-state index in [1.54, 1.807) is 0 Å². The summed E-state index contributed by atoms with van der Waals surface area (Å²) in [4.78, 5) is 0. The van der Waals surface area contributed by atoms with E-state index in [0.717, 1.165) is 0 Å². The summed E-state index contributed by atoms with van der Waals surface area (Å²) in [6.45, 7) is 0. The Kier molecular flexibility index (Phi) is 3.21. The lowest BCUT2D eigenvalue weighted by molar-refractivity contribution is 0.628. The molecule has 44 valence electrons. The van der Waals surface area contributed by atoms with E-state index in [1.165, 1.54) is 15.8 Å². The molecule has 0 aliphatic rings. The van der Waals surface area contributed by atoms with Gasteiger partial charge in [-0.1, -0.05) is 12.1 Å². The number of rotatable bonds is 1. The summed E-state index contributed by atoms with van der Waals surface area (Å²) in [5.41, 5.74) is 0. The van der Waals surface area contributed by atoms with Crippen LogP contribution in [0.4, 0.5) is 4.39 Å². The third-order valence-corrected chi connectivity index (χ3v) is 4.49. The first kappa shape index (κ1) is 7.75. The molecule has 0 saturated carbocycles. The van der Waals surface area contributed by atoms with E-state index in [2.05, 4.69) is 18.9 Å². The highest BCUT2D eigenvalue weighted by Crippen LogP contribution is 1.92. The highest BCUT2D eigenvalue weighted by Gasteiger charge is 1.92. The number of halogens is 2. The fourth-order valence-corrected chi connectivity index (χ4v) is 2.51. The van der Waals surface area contributed by atoms with Crippen molar-refractivity contribution in [3.63, 3.8) is 0 Å². The fourth-order valence-electron chi connectivity index (χ4n) is 0.573. The van der Waals surface area contributed by atoms with Gasteiger partial charge in [-0.3, -0.25) is 18.9 Å². The maximum Gasteiger partial charge on any atom is 0.502 e. The van der Waals surface area contributed by atoms with Crippen LogP contribution in [0.2, 0.25) is 0 Å². The van der Waals surface area contributed by atoms with E-state index in [9.17, 15) is 4.39 Å². The molecule has 3 heteroatoms. The van der Waals surface area contributed by atoms with Gasteiger partial charge in [0.15, 0.2) is 0 Å². The van der Waals surface area contributed by atoms with Crippen LogP contribution in [0.1, 0.15) is 0 Å². The van der Waals surface area contributed by atoms with Gasteiger partial charge in [0.2, 0.25) is 0 Å². The van der Waals surface area contributed by atoms with Crippen molar-refractivity contribution in [1.29, 1.82) is 0 Å². The molecule has 0 amide bonds. The molecule has 0 nitrogen and oxygen atoms in total. The Hall–Kier alpha value is 0.646. The molecule has 0 bridgehead atoms. The van der Waals surface area contributed by atoms with Crippen molar-refractivity contribution in [3.05, 3.63) is 30.1 Å². The van der Waals surface area contributed by atoms with Crippen LogP contribution in [0.25, 0.3) is 0 Å². The Morgan fingerprint density at radius 1 is 1.22 bits per heavy atom. The predicted molar refractivity (Wildman–Crippen MR) is 45.8 cm³/mol. The summed E-state index contributed by atoms with van der Waals surface area (Å²) in [6, 6.07) is 6.74. The summed E-state index contributed by atoms with van der Waals surface area (Å²) in [7, 11) is 0. The number of hydrogen-bond donors (Lipinski definition) is 0. The van der Waals surface area contributed by atoms with E-state index < -0.39 is 0 Å². The van der Waals surface area contributed by atoms with Crippen LogP contribution in [-0.4, -0.2) is 16.5 Å². The van der Waals surface area contributed by atoms with Crippen LogP contribution < -0.4 is 3.69 Å². The van der Waals surface area contributed by atoms with Crippen LogP contribution >= 0.6 is 18.9 Å². The van der Waals surface area contributed by atoms with Gasteiger partial charge in [0.25, 0.3) is 0 Å². The van der Waals surface area contributed by atoms with Crippen molar-refractivity contribution in [1.82, 2.24) is 0 Å². The minimum atomic E-state index is -0.141. The summed E-state index contributed by atoms with van der Waals surface area (Å²) in [6.07, 6.45) is 0. The highest BCUT2D eigenvalue weighted by molar-refractivity contribution is 14.1. The van der Waals surface area contributed by atoms with Gasteiger partial charge in [0.1, 0.15) is 5.82 Å². The maximum absolute atomic E-state index is 12.2. The van der Waals surface area contributed by atoms with Gasteiger partial charge in [0.05, 0.1) is 0 Å². The molecule has 0 radical (unpaired) electrons. The first-order valence-corrected chi connectivity index (χ1v) is 8.45. The SMILES string of the molecule is Fc1cc[c]([Mg][I])cc1. The molecule has 0 spiro atoms. The van der Waals surface area contributed by atoms with Gasteiger partial charge in [-0.15, -0.1) is 0 Å². The van der Waals surface area contributed by atoms with Gasteiger partial charge < -0.3 is 0 Å². The topological polar surface area (TPSA) is 0 Å². The summed E-state index contributed by atoms with van der Waals surface area (Å²) >= 11 is 2.26. The lowest BCUT2D eigenvalue weighted by atomic mass is 10.3. The van der Waals surface area contributed by atoms with Crippen molar-refractivity contribution in [3.8, 4) is 0 Å². The van der Waals surface area contributed by atoms with Crippen molar-refractivity contribution < 1.29 is 4.39 Å². The first-order valence-electron chi connectivity index (χ1n) is 2.63. The Bertz CT molecular complexity index is 185. The summed E-state index contributed by atoms with van der Waals surface area (Å²) < 4.78 is 13.5.